The molecule has 0 spiro atoms. The van der Waals surface area contributed by atoms with Crippen LogP contribution in [-0.2, 0) is 0 Å². The fourth-order valence-electron chi connectivity index (χ4n) is 2.48. The van der Waals surface area contributed by atoms with E-state index in [9.17, 15) is 13.6 Å². The summed E-state index contributed by atoms with van der Waals surface area (Å²) in [5, 5.41) is 3.21. The minimum Gasteiger partial charge on any atom is -0.355 e. The van der Waals surface area contributed by atoms with Gasteiger partial charge in [-0.3, -0.25) is 4.79 Å². The van der Waals surface area contributed by atoms with E-state index >= 15 is 0 Å². The molecule has 22 heavy (non-hydrogen) atoms. The number of halogens is 2. The Kier molecular flexibility index (Phi) is 3.41. The SMILES string of the molecule is CNC(=O)c1cc(F)c(-c2cc3ccc(C)cc3[nH]2)c(F)c1. The molecule has 1 heterocycles. The van der Waals surface area contributed by atoms with Crippen molar-refractivity contribution in [2.45, 2.75) is 6.92 Å². The summed E-state index contributed by atoms with van der Waals surface area (Å²) < 4.78 is 28.5. The zero-order valence-electron chi connectivity index (χ0n) is 12.1. The van der Waals surface area contributed by atoms with Crippen LogP contribution in [-0.4, -0.2) is 17.9 Å². The van der Waals surface area contributed by atoms with Crippen LogP contribution in [0.1, 0.15) is 15.9 Å². The number of benzene rings is 2. The van der Waals surface area contributed by atoms with Crippen LogP contribution in [0.5, 0.6) is 0 Å². The van der Waals surface area contributed by atoms with Crippen molar-refractivity contribution in [1.82, 2.24) is 10.3 Å². The Morgan fingerprint density at radius 1 is 1.09 bits per heavy atom. The van der Waals surface area contributed by atoms with E-state index in [1.54, 1.807) is 6.07 Å². The first-order chi connectivity index (χ1) is 10.5. The van der Waals surface area contributed by atoms with Gasteiger partial charge < -0.3 is 10.3 Å². The summed E-state index contributed by atoms with van der Waals surface area (Å²) in [4.78, 5) is 14.5. The smallest absolute Gasteiger partial charge is 0.251 e. The van der Waals surface area contributed by atoms with E-state index in [0.29, 0.717) is 5.69 Å². The number of hydrogen-bond acceptors (Lipinski definition) is 1. The summed E-state index contributed by atoms with van der Waals surface area (Å²) in [5.41, 5.74) is 2.00. The van der Waals surface area contributed by atoms with Gasteiger partial charge in [0.15, 0.2) is 0 Å². The molecule has 2 aromatic carbocycles. The van der Waals surface area contributed by atoms with Crippen LogP contribution < -0.4 is 5.32 Å². The van der Waals surface area contributed by atoms with Crippen molar-refractivity contribution < 1.29 is 13.6 Å². The number of aromatic amines is 1. The van der Waals surface area contributed by atoms with Crippen molar-refractivity contribution in [3.63, 3.8) is 0 Å². The topological polar surface area (TPSA) is 44.9 Å². The van der Waals surface area contributed by atoms with E-state index in [0.717, 1.165) is 28.6 Å². The Hall–Kier alpha value is -2.69. The second kappa shape index (κ2) is 5.26. The standard InChI is InChI=1S/C17H14F2N2O/c1-9-3-4-10-8-15(21-14(10)5-9)16-12(18)6-11(7-13(16)19)17(22)20-2/h3-8,21H,1-2H3,(H,20,22). The van der Waals surface area contributed by atoms with Crippen molar-refractivity contribution in [3.8, 4) is 11.3 Å². The van der Waals surface area contributed by atoms with E-state index in [1.807, 2.05) is 25.1 Å². The van der Waals surface area contributed by atoms with Crippen LogP contribution in [0.4, 0.5) is 8.78 Å². The van der Waals surface area contributed by atoms with Crippen LogP contribution in [0.2, 0.25) is 0 Å². The lowest BCUT2D eigenvalue weighted by molar-refractivity contribution is 0.0962. The van der Waals surface area contributed by atoms with Crippen molar-refractivity contribution in [2.75, 3.05) is 7.05 Å². The van der Waals surface area contributed by atoms with E-state index in [1.165, 1.54) is 7.05 Å². The average molecular weight is 300 g/mol. The highest BCUT2D eigenvalue weighted by Gasteiger charge is 2.17. The maximum Gasteiger partial charge on any atom is 0.251 e. The lowest BCUT2D eigenvalue weighted by Gasteiger charge is -2.06. The molecule has 112 valence electrons. The maximum atomic E-state index is 14.3. The van der Waals surface area contributed by atoms with Crippen molar-refractivity contribution in [1.29, 1.82) is 0 Å². The molecule has 5 heteroatoms. The highest BCUT2D eigenvalue weighted by Crippen LogP contribution is 2.30. The molecular formula is C17H14F2N2O. The van der Waals surface area contributed by atoms with Gasteiger partial charge in [-0.05, 0) is 36.8 Å². The number of aromatic nitrogens is 1. The predicted molar refractivity (Wildman–Crippen MR) is 81.8 cm³/mol. The molecule has 0 aliphatic carbocycles. The summed E-state index contributed by atoms with van der Waals surface area (Å²) >= 11 is 0. The molecule has 3 rings (SSSR count). The van der Waals surface area contributed by atoms with E-state index < -0.39 is 17.5 Å². The van der Waals surface area contributed by atoms with Crippen molar-refractivity contribution in [2.24, 2.45) is 0 Å². The molecule has 0 saturated heterocycles. The molecule has 0 unspecified atom stereocenters. The summed E-state index contributed by atoms with van der Waals surface area (Å²) in [5.74, 6) is -2.08. The quantitative estimate of drug-likeness (QED) is 0.743. The highest BCUT2D eigenvalue weighted by molar-refractivity contribution is 5.95. The normalized spacial score (nSPS) is 10.9. The number of fused-ring (bicyclic) bond motifs is 1. The molecule has 2 N–H and O–H groups in total. The van der Waals surface area contributed by atoms with Gasteiger partial charge in [0.25, 0.3) is 5.91 Å². The molecule has 0 aliphatic rings. The van der Waals surface area contributed by atoms with E-state index in [4.69, 9.17) is 0 Å². The number of carbonyl (C=O) groups is 1. The number of aryl methyl sites for hydroxylation is 1. The average Bonchev–Trinajstić information content (AvgIpc) is 2.87. The molecule has 0 atom stereocenters. The van der Waals surface area contributed by atoms with Gasteiger partial charge in [0.2, 0.25) is 0 Å². The number of rotatable bonds is 2. The van der Waals surface area contributed by atoms with Crippen LogP contribution in [0, 0.1) is 18.6 Å². The van der Waals surface area contributed by atoms with Gasteiger partial charge >= 0.3 is 0 Å². The van der Waals surface area contributed by atoms with Crippen LogP contribution in [0.25, 0.3) is 22.2 Å². The van der Waals surface area contributed by atoms with E-state index in [-0.39, 0.29) is 11.1 Å². The third kappa shape index (κ3) is 2.35. The zero-order chi connectivity index (χ0) is 15.9. The molecular weight excluding hydrogens is 286 g/mol. The summed E-state index contributed by atoms with van der Waals surface area (Å²) in [6, 6.07) is 9.49. The molecule has 0 fully saturated rings. The first kappa shape index (κ1) is 14.3. The molecule has 0 radical (unpaired) electrons. The first-order valence-corrected chi connectivity index (χ1v) is 6.80. The third-order valence-electron chi connectivity index (χ3n) is 3.58. The second-order valence-electron chi connectivity index (χ2n) is 5.17. The Morgan fingerprint density at radius 2 is 1.77 bits per heavy atom. The number of nitrogens with one attached hydrogen (secondary N) is 2. The fraction of sp³-hybridized carbons (Fsp3) is 0.118. The minimum absolute atomic E-state index is 0.0480. The lowest BCUT2D eigenvalue weighted by atomic mass is 10.1. The summed E-state index contributed by atoms with van der Waals surface area (Å²) in [7, 11) is 1.41. The number of hydrogen-bond donors (Lipinski definition) is 2. The molecule has 3 aromatic rings. The predicted octanol–water partition coefficient (Wildman–Crippen LogP) is 3.78. The van der Waals surface area contributed by atoms with E-state index in [2.05, 4.69) is 10.3 Å². The Labute approximate surface area is 126 Å². The van der Waals surface area contributed by atoms with Gasteiger partial charge in [-0.15, -0.1) is 0 Å². The van der Waals surface area contributed by atoms with Gasteiger partial charge in [0.05, 0.1) is 11.3 Å². The minimum atomic E-state index is -0.776. The van der Waals surface area contributed by atoms with Gasteiger partial charge in [0, 0.05) is 23.5 Å². The lowest BCUT2D eigenvalue weighted by Crippen LogP contribution is -2.18. The molecule has 0 aliphatic heterocycles. The number of amides is 1. The Morgan fingerprint density at radius 3 is 2.41 bits per heavy atom. The van der Waals surface area contributed by atoms with Gasteiger partial charge in [0.1, 0.15) is 11.6 Å². The molecule has 0 saturated carbocycles. The molecule has 3 nitrogen and oxygen atoms in total. The fourth-order valence-corrected chi connectivity index (χ4v) is 2.48. The largest absolute Gasteiger partial charge is 0.355 e. The zero-order valence-corrected chi connectivity index (χ0v) is 12.1. The molecule has 0 bridgehead atoms. The van der Waals surface area contributed by atoms with Crippen LogP contribution >= 0.6 is 0 Å². The summed E-state index contributed by atoms with van der Waals surface area (Å²) in [6.07, 6.45) is 0. The van der Waals surface area contributed by atoms with Gasteiger partial charge in [-0.2, -0.15) is 0 Å². The third-order valence-corrected chi connectivity index (χ3v) is 3.58. The second-order valence-corrected chi connectivity index (χ2v) is 5.17. The van der Waals surface area contributed by atoms with Crippen LogP contribution in [0.3, 0.4) is 0 Å². The maximum absolute atomic E-state index is 14.3. The number of carbonyl (C=O) groups excluding carboxylic acids is 1. The van der Waals surface area contributed by atoms with Gasteiger partial charge in [-0.25, -0.2) is 8.78 Å². The van der Waals surface area contributed by atoms with Crippen molar-refractivity contribution >= 4 is 16.8 Å². The molecule has 1 aromatic heterocycles. The Bertz CT molecular complexity index is 860. The van der Waals surface area contributed by atoms with Crippen LogP contribution in [0.15, 0.2) is 36.4 Å². The molecule has 1 amide bonds. The highest BCUT2D eigenvalue weighted by atomic mass is 19.1. The summed E-state index contributed by atoms with van der Waals surface area (Å²) in [6.45, 7) is 1.94. The monoisotopic (exact) mass is 300 g/mol. The van der Waals surface area contributed by atoms with Crippen molar-refractivity contribution in [3.05, 3.63) is 59.2 Å². The van der Waals surface area contributed by atoms with Gasteiger partial charge in [-0.1, -0.05) is 12.1 Å². The Balaban J connectivity index is 2.15. The first-order valence-electron chi connectivity index (χ1n) is 6.80. The number of H-pyrrole nitrogens is 1.